The number of ether oxygens (including phenoxy) is 1. The molecular formula is C17H25NO2. The number of hydrogen-bond donors (Lipinski definition) is 1. The van der Waals surface area contributed by atoms with Crippen molar-refractivity contribution in [1.29, 1.82) is 0 Å². The quantitative estimate of drug-likeness (QED) is 0.855. The lowest BCUT2D eigenvalue weighted by atomic mass is 9.92. The Hall–Kier alpha value is -1.06. The fourth-order valence-electron chi connectivity index (χ4n) is 3.68. The van der Waals surface area contributed by atoms with Gasteiger partial charge in [0.2, 0.25) is 0 Å². The molecule has 2 aliphatic rings. The van der Waals surface area contributed by atoms with Gasteiger partial charge in [-0.3, -0.25) is 4.90 Å². The van der Waals surface area contributed by atoms with Crippen LogP contribution in [0.5, 0.6) is 5.75 Å². The minimum atomic E-state index is -0.415. The summed E-state index contributed by atoms with van der Waals surface area (Å²) in [4.78, 5) is 2.47. The Kier molecular flexibility index (Phi) is 3.99. The maximum atomic E-state index is 10.5. The SMILES string of the molecule is Cc1cc(C)c2c(c1)C(N1CCCCCC1)C(O)CO2. The van der Waals surface area contributed by atoms with Crippen LogP contribution in [0.15, 0.2) is 12.1 Å². The maximum absolute atomic E-state index is 10.5. The van der Waals surface area contributed by atoms with Crippen LogP contribution in [-0.4, -0.2) is 35.8 Å². The van der Waals surface area contributed by atoms with Crippen molar-refractivity contribution in [3.05, 3.63) is 28.8 Å². The van der Waals surface area contributed by atoms with Crippen LogP contribution in [-0.2, 0) is 0 Å². The van der Waals surface area contributed by atoms with E-state index in [4.69, 9.17) is 4.74 Å². The number of aliphatic hydroxyl groups is 1. The number of likely N-dealkylation sites (tertiary alicyclic amines) is 1. The van der Waals surface area contributed by atoms with E-state index in [0.29, 0.717) is 6.61 Å². The van der Waals surface area contributed by atoms with Crippen LogP contribution < -0.4 is 4.74 Å². The third-order valence-electron chi connectivity index (χ3n) is 4.56. The predicted molar refractivity (Wildman–Crippen MR) is 80.2 cm³/mol. The van der Waals surface area contributed by atoms with Gasteiger partial charge in [0.15, 0.2) is 0 Å². The third-order valence-corrected chi connectivity index (χ3v) is 4.56. The van der Waals surface area contributed by atoms with Gasteiger partial charge in [-0.2, -0.15) is 0 Å². The van der Waals surface area contributed by atoms with Gasteiger partial charge in [-0.25, -0.2) is 0 Å². The van der Waals surface area contributed by atoms with Crippen molar-refractivity contribution >= 4 is 0 Å². The number of benzene rings is 1. The second-order valence-corrected chi connectivity index (χ2v) is 6.27. The number of aliphatic hydroxyl groups excluding tert-OH is 1. The van der Waals surface area contributed by atoms with Gasteiger partial charge in [0.1, 0.15) is 18.5 Å². The lowest BCUT2D eigenvalue weighted by Crippen LogP contribution is -2.42. The molecule has 0 radical (unpaired) electrons. The maximum Gasteiger partial charge on any atom is 0.127 e. The first-order chi connectivity index (χ1) is 9.66. The van der Waals surface area contributed by atoms with Crippen molar-refractivity contribution in [3.63, 3.8) is 0 Å². The minimum Gasteiger partial charge on any atom is -0.490 e. The molecule has 2 heterocycles. The molecule has 1 N–H and O–H groups in total. The molecule has 3 nitrogen and oxygen atoms in total. The summed E-state index contributed by atoms with van der Waals surface area (Å²) in [6, 6.07) is 4.46. The smallest absolute Gasteiger partial charge is 0.127 e. The van der Waals surface area contributed by atoms with E-state index >= 15 is 0 Å². The highest BCUT2D eigenvalue weighted by Gasteiger charge is 2.35. The molecule has 3 rings (SSSR count). The molecule has 0 amide bonds. The van der Waals surface area contributed by atoms with E-state index < -0.39 is 6.10 Å². The van der Waals surface area contributed by atoms with Crippen molar-refractivity contribution in [2.75, 3.05) is 19.7 Å². The van der Waals surface area contributed by atoms with Crippen LogP contribution in [0.2, 0.25) is 0 Å². The first-order valence-corrected chi connectivity index (χ1v) is 7.83. The number of nitrogens with zero attached hydrogens (tertiary/aromatic N) is 1. The van der Waals surface area contributed by atoms with Gasteiger partial charge in [0.25, 0.3) is 0 Å². The Labute approximate surface area is 121 Å². The highest BCUT2D eigenvalue weighted by molar-refractivity contribution is 5.47. The van der Waals surface area contributed by atoms with Crippen molar-refractivity contribution in [1.82, 2.24) is 4.90 Å². The van der Waals surface area contributed by atoms with Gasteiger partial charge in [-0.1, -0.05) is 30.5 Å². The molecule has 2 unspecified atom stereocenters. The van der Waals surface area contributed by atoms with E-state index in [2.05, 4.69) is 30.9 Å². The first kappa shape index (κ1) is 13.9. The molecule has 1 aromatic carbocycles. The molecule has 0 aliphatic carbocycles. The van der Waals surface area contributed by atoms with Gasteiger partial charge in [-0.05, 0) is 45.3 Å². The Bertz CT molecular complexity index is 478. The van der Waals surface area contributed by atoms with Crippen LogP contribution in [0.3, 0.4) is 0 Å². The Morgan fingerprint density at radius 3 is 2.50 bits per heavy atom. The molecule has 2 aliphatic heterocycles. The zero-order valence-electron chi connectivity index (χ0n) is 12.6. The molecule has 0 saturated carbocycles. The van der Waals surface area contributed by atoms with Gasteiger partial charge in [0.05, 0.1) is 6.04 Å². The summed E-state index contributed by atoms with van der Waals surface area (Å²) in [5.74, 6) is 0.996. The standard InChI is InChI=1S/C17H25NO2/c1-12-9-13(2)17-14(10-12)16(15(19)11-20-17)18-7-5-3-4-6-8-18/h9-10,15-16,19H,3-8,11H2,1-2H3. The number of fused-ring (bicyclic) bond motifs is 1. The topological polar surface area (TPSA) is 32.7 Å². The molecule has 0 bridgehead atoms. The van der Waals surface area contributed by atoms with Crippen LogP contribution in [0.4, 0.5) is 0 Å². The van der Waals surface area contributed by atoms with Crippen LogP contribution in [0, 0.1) is 13.8 Å². The summed E-state index contributed by atoms with van der Waals surface area (Å²) in [7, 11) is 0. The van der Waals surface area contributed by atoms with Crippen molar-refractivity contribution in [3.8, 4) is 5.75 Å². The van der Waals surface area contributed by atoms with E-state index in [0.717, 1.165) is 18.8 Å². The number of rotatable bonds is 1. The highest BCUT2D eigenvalue weighted by atomic mass is 16.5. The molecule has 0 aromatic heterocycles. The zero-order valence-corrected chi connectivity index (χ0v) is 12.6. The van der Waals surface area contributed by atoms with Gasteiger partial charge >= 0.3 is 0 Å². The first-order valence-electron chi connectivity index (χ1n) is 7.83. The average Bonchev–Trinajstić information content (AvgIpc) is 2.67. The van der Waals surface area contributed by atoms with Gasteiger partial charge in [-0.15, -0.1) is 0 Å². The van der Waals surface area contributed by atoms with Crippen molar-refractivity contribution in [2.24, 2.45) is 0 Å². The van der Waals surface area contributed by atoms with Crippen molar-refractivity contribution < 1.29 is 9.84 Å². The fraction of sp³-hybridized carbons (Fsp3) is 0.647. The monoisotopic (exact) mass is 275 g/mol. The molecule has 1 fully saturated rings. The van der Waals surface area contributed by atoms with E-state index in [1.54, 1.807) is 0 Å². The summed E-state index contributed by atoms with van der Waals surface area (Å²) in [5.41, 5.74) is 3.62. The Morgan fingerprint density at radius 1 is 1.10 bits per heavy atom. The van der Waals surface area contributed by atoms with Crippen LogP contribution in [0.25, 0.3) is 0 Å². The largest absolute Gasteiger partial charge is 0.490 e. The summed E-state index contributed by atoms with van der Waals surface area (Å²) in [5, 5.41) is 10.5. The van der Waals surface area contributed by atoms with Gasteiger partial charge < -0.3 is 9.84 Å². The summed E-state index contributed by atoms with van der Waals surface area (Å²) < 4.78 is 5.80. The Morgan fingerprint density at radius 2 is 1.80 bits per heavy atom. The lowest BCUT2D eigenvalue weighted by Gasteiger charge is -2.39. The molecule has 2 atom stereocenters. The second-order valence-electron chi connectivity index (χ2n) is 6.27. The normalized spacial score (nSPS) is 27.6. The summed E-state index contributed by atoms with van der Waals surface area (Å²) in [6.07, 6.45) is 4.70. The highest BCUT2D eigenvalue weighted by Crippen LogP contribution is 2.39. The zero-order chi connectivity index (χ0) is 14.1. The van der Waals surface area contributed by atoms with E-state index in [-0.39, 0.29) is 6.04 Å². The Balaban J connectivity index is 1.98. The van der Waals surface area contributed by atoms with E-state index in [1.807, 2.05) is 0 Å². The van der Waals surface area contributed by atoms with Crippen LogP contribution in [0.1, 0.15) is 48.4 Å². The fourth-order valence-corrected chi connectivity index (χ4v) is 3.68. The molecule has 0 spiro atoms. The third kappa shape index (κ3) is 2.57. The molecule has 1 aromatic rings. The van der Waals surface area contributed by atoms with E-state index in [1.165, 1.54) is 42.4 Å². The molecular weight excluding hydrogens is 250 g/mol. The minimum absolute atomic E-state index is 0.107. The molecule has 3 heteroatoms. The average molecular weight is 275 g/mol. The summed E-state index contributed by atoms with van der Waals surface area (Å²) >= 11 is 0. The number of hydrogen-bond acceptors (Lipinski definition) is 3. The summed E-state index contributed by atoms with van der Waals surface area (Å²) in [6.45, 7) is 6.82. The van der Waals surface area contributed by atoms with Gasteiger partial charge in [0, 0.05) is 5.56 Å². The predicted octanol–water partition coefficient (Wildman–Crippen LogP) is 2.97. The number of aryl methyl sites for hydroxylation is 2. The molecule has 20 heavy (non-hydrogen) atoms. The molecule has 1 saturated heterocycles. The van der Waals surface area contributed by atoms with E-state index in [9.17, 15) is 5.11 Å². The van der Waals surface area contributed by atoms with Crippen LogP contribution >= 0.6 is 0 Å². The van der Waals surface area contributed by atoms with Crippen molar-refractivity contribution in [2.45, 2.75) is 51.7 Å². The lowest BCUT2D eigenvalue weighted by molar-refractivity contribution is 0.000772. The second kappa shape index (κ2) is 5.74. The molecule has 110 valence electrons.